The van der Waals surface area contributed by atoms with E-state index in [1.807, 2.05) is 6.92 Å². The molecule has 4 heterocycles. The molecule has 12 amide bonds. The first-order valence-electron chi connectivity index (χ1n) is 41.6. The van der Waals surface area contributed by atoms with Gasteiger partial charge in [-0.2, -0.15) is 0 Å². The molecular formula is C77H134N26O14. The predicted molar refractivity (Wildman–Crippen MR) is 441 cm³/mol. The summed E-state index contributed by atoms with van der Waals surface area (Å²) in [7, 11) is 0. The number of aliphatic carboxylic acids is 1. The monoisotopic (exact) mass is 1650 g/mol. The van der Waals surface area contributed by atoms with Crippen molar-refractivity contribution in [3.8, 4) is 0 Å². The predicted octanol–water partition coefficient (Wildman–Crippen LogP) is -4.79. The van der Waals surface area contributed by atoms with E-state index in [-0.39, 0.29) is 173 Å². The van der Waals surface area contributed by atoms with Crippen LogP contribution in [0.3, 0.4) is 0 Å². The van der Waals surface area contributed by atoms with Gasteiger partial charge >= 0.3 is 5.97 Å². The lowest BCUT2D eigenvalue weighted by Gasteiger charge is -2.34. The quantitative estimate of drug-likeness (QED) is 0.0165. The maximum absolute atomic E-state index is 15.3. The smallest absolute Gasteiger partial charge is 0.326 e. The minimum atomic E-state index is -1.33. The molecule has 40 heteroatoms. The van der Waals surface area contributed by atoms with E-state index in [2.05, 4.69) is 57.5 Å². The second-order valence-corrected chi connectivity index (χ2v) is 30.7. The van der Waals surface area contributed by atoms with Gasteiger partial charge in [0.2, 0.25) is 70.9 Å². The average molecular weight is 1650 g/mol. The standard InChI is InChI=1S/C77H134N26O14/c1-3-47(2)61(73(115)103-45-21-34-60(103)68(110)96-54(30-17-41-91-77(87)88)71(113)101-43-19-33-59(101)69(111)97-55(74(116)117)28-10-14-38-81)99-65(107)51(26-8-12-36-79)94-67(109)58-32-20-44-102(58)72(114)56(46-48-22-5-4-6-23-48)98-64(106)50(25-7-11-35-78)93-66(108)57-31-18-42-100(57)70(112)53(27-9-13-37-80)95-63(105)52(29-16-40-90-76(85)86)92-62(104)49(82)24-15-39-89-75(83)84/h4-6,22-23,47,49-61H,3,7-21,24-46,78-82H2,1-2H3,(H,92,104)(H,93,108)(H,94,109)(H,95,105)(H,96,110)(H,97,111)(H,98,106)(H,99,107)(H,116,117)(H4,83,84,89)(H4,85,86,90)(H4,87,88,91)/t47-,49-,50-,51-,52-,53-,54-,55-,56-,57-,58-,59-,60-,61-/m0/s1. The van der Waals surface area contributed by atoms with Gasteiger partial charge in [0.1, 0.15) is 72.5 Å². The number of aliphatic imine (C=N–C) groups is 3. The van der Waals surface area contributed by atoms with Gasteiger partial charge in [-0.25, -0.2) is 4.79 Å². The number of benzene rings is 1. The maximum Gasteiger partial charge on any atom is 0.326 e. The molecule has 0 unspecified atom stereocenters. The largest absolute Gasteiger partial charge is 0.480 e. The third-order valence-corrected chi connectivity index (χ3v) is 21.8. The van der Waals surface area contributed by atoms with Crippen LogP contribution in [0.1, 0.15) is 193 Å². The zero-order valence-corrected chi connectivity index (χ0v) is 68.3. The molecule has 40 nitrogen and oxygen atoms in total. The molecule has 656 valence electrons. The van der Waals surface area contributed by atoms with Crippen molar-refractivity contribution in [3.05, 3.63) is 35.9 Å². The van der Waals surface area contributed by atoms with Gasteiger partial charge < -0.3 is 130 Å². The number of carboxylic acid groups (broad SMARTS) is 1. The van der Waals surface area contributed by atoms with E-state index in [1.54, 1.807) is 37.3 Å². The third-order valence-electron chi connectivity index (χ3n) is 21.8. The number of rotatable bonds is 53. The van der Waals surface area contributed by atoms with Crippen LogP contribution in [0, 0.1) is 5.92 Å². The molecule has 1 aromatic carbocycles. The highest BCUT2D eigenvalue weighted by Crippen LogP contribution is 2.27. The third kappa shape index (κ3) is 32.1. The van der Waals surface area contributed by atoms with Crippen molar-refractivity contribution in [2.75, 3.05) is 72.0 Å². The number of carbonyl (C=O) groups is 13. The number of nitrogens with two attached hydrogens (primary N) is 11. The van der Waals surface area contributed by atoms with Gasteiger partial charge in [-0.1, -0.05) is 50.6 Å². The second-order valence-electron chi connectivity index (χ2n) is 30.7. The van der Waals surface area contributed by atoms with Crippen LogP contribution < -0.4 is 106 Å². The van der Waals surface area contributed by atoms with E-state index in [0.29, 0.717) is 102 Å². The molecule has 4 fully saturated rings. The Balaban J connectivity index is 1.35. The van der Waals surface area contributed by atoms with E-state index < -0.39 is 161 Å². The summed E-state index contributed by atoms with van der Waals surface area (Å²) in [6.45, 7) is 5.55. The normalized spacial score (nSPS) is 19.0. The molecule has 0 aliphatic carbocycles. The minimum absolute atomic E-state index is 0.0186. The first-order chi connectivity index (χ1) is 56.0. The summed E-state index contributed by atoms with van der Waals surface area (Å²) in [6, 6.07) is -6.61. The molecule has 14 atom stereocenters. The highest BCUT2D eigenvalue weighted by Gasteiger charge is 2.46. The lowest BCUT2D eigenvalue weighted by Crippen LogP contribution is -2.61. The minimum Gasteiger partial charge on any atom is -0.480 e. The Morgan fingerprint density at radius 2 is 0.701 bits per heavy atom. The lowest BCUT2D eigenvalue weighted by atomic mass is 9.96. The number of amides is 12. The fourth-order valence-electron chi connectivity index (χ4n) is 15.1. The van der Waals surface area contributed by atoms with Crippen molar-refractivity contribution >= 4 is 94.7 Å². The molecule has 5 rings (SSSR count). The molecule has 4 saturated heterocycles. The van der Waals surface area contributed by atoms with Crippen LogP contribution in [0.5, 0.6) is 0 Å². The summed E-state index contributed by atoms with van der Waals surface area (Å²) in [6.07, 6.45) is 7.51. The number of likely N-dealkylation sites (tertiary alicyclic amines) is 4. The zero-order valence-electron chi connectivity index (χ0n) is 68.3. The highest BCUT2D eigenvalue weighted by atomic mass is 16.4. The van der Waals surface area contributed by atoms with E-state index in [0.717, 1.165) is 0 Å². The zero-order chi connectivity index (χ0) is 86.1. The molecular weight excluding hydrogens is 1510 g/mol. The van der Waals surface area contributed by atoms with Crippen LogP contribution in [0.15, 0.2) is 45.3 Å². The summed E-state index contributed by atoms with van der Waals surface area (Å²) >= 11 is 0. The van der Waals surface area contributed by atoms with Gasteiger partial charge in [0.05, 0.1) is 6.04 Å². The first-order valence-corrected chi connectivity index (χ1v) is 41.6. The van der Waals surface area contributed by atoms with Gasteiger partial charge in [-0.3, -0.25) is 72.5 Å². The van der Waals surface area contributed by atoms with Gasteiger partial charge in [0, 0.05) is 52.2 Å². The fraction of sp³-hybridized carbons (Fsp3) is 0.714. The number of hydrogen-bond donors (Lipinski definition) is 20. The molecule has 0 radical (unpaired) electrons. The van der Waals surface area contributed by atoms with Crippen molar-refractivity contribution in [3.63, 3.8) is 0 Å². The summed E-state index contributed by atoms with van der Waals surface area (Å²) in [5.74, 6) is -10.2. The number of carboxylic acids is 1. The van der Waals surface area contributed by atoms with Crippen molar-refractivity contribution in [1.29, 1.82) is 0 Å². The van der Waals surface area contributed by atoms with Gasteiger partial charge in [-0.05, 0) is 205 Å². The maximum atomic E-state index is 15.3. The SMILES string of the molecule is CC[C@H](C)[C@H](NC(=O)[C@H](CCCCN)NC(=O)[C@@H]1CCCN1C(=O)[C@H](Cc1ccccc1)NC(=O)[C@H](CCCCN)NC(=O)[C@@H]1CCCN1C(=O)[C@H](CCCCN)NC(=O)[C@H](CCCN=C(N)N)NC(=O)[C@@H](N)CCCN=C(N)N)C(=O)N1CCC[C@H]1C(=O)N[C@@H](CCCN=C(N)N)C(=O)N1CCC[C@H]1C(=O)N[C@@H](CCCCN)C(=O)O. The van der Waals surface area contributed by atoms with Gasteiger partial charge in [-0.15, -0.1) is 0 Å². The summed E-state index contributed by atoms with van der Waals surface area (Å²) in [4.78, 5) is 205. The molecule has 0 saturated carbocycles. The van der Waals surface area contributed by atoms with Crippen molar-refractivity contribution in [2.24, 2.45) is 84.0 Å². The van der Waals surface area contributed by atoms with E-state index >= 15 is 14.4 Å². The van der Waals surface area contributed by atoms with E-state index in [9.17, 15) is 53.1 Å². The average Bonchev–Trinajstić information content (AvgIpc) is 1.73. The Morgan fingerprint density at radius 3 is 1.09 bits per heavy atom. The molecule has 4 aliphatic rings. The topological polar surface area (TPSA) is 675 Å². The van der Waals surface area contributed by atoms with Crippen LogP contribution in [0.2, 0.25) is 0 Å². The van der Waals surface area contributed by atoms with Crippen LogP contribution >= 0.6 is 0 Å². The summed E-state index contributed by atoms with van der Waals surface area (Å²) < 4.78 is 0. The first kappa shape index (κ1) is 97.5. The molecule has 0 spiro atoms. The molecule has 0 aromatic heterocycles. The summed E-state index contributed by atoms with van der Waals surface area (Å²) in [5, 5.41) is 32.5. The van der Waals surface area contributed by atoms with E-state index in [1.165, 1.54) is 19.6 Å². The second kappa shape index (κ2) is 51.9. The highest BCUT2D eigenvalue weighted by molar-refractivity contribution is 6.00. The van der Waals surface area contributed by atoms with Crippen LogP contribution in [0.4, 0.5) is 0 Å². The molecule has 0 bridgehead atoms. The van der Waals surface area contributed by atoms with Gasteiger partial charge in [0.25, 0.3) is 0 Å². The van der Waals surface area contributed by atoms with Crippen molar-refractivity contribution in [1.82, 2.24) is 62.1 Å². The lowest BCUT2D eigenvalue weighted by molar-refractivity contribution is -0.146. The Labute approximate surface area is 685 Å². The number of nitrogens with one attached hydrogen (secondary N) is 8. The molecule has 4 aliphatic heterocycles. The fourth-order valence-corrected chi connectivity index (χ4v) is 15.1. The van der Waals surface area contributed by atoms with Crippen molar-refractivity contribution in [2.45, 2.75) is 272 Å². The molecule has 117 heavy (non-hydrogen) atoms. The van der Waals surface area contributed by atoms with Crippen molar-refractivity contribution < 1.29 is 67.4 Å². The number of hydrogen-bond acceptors (Lipinski definition) is 21. The van der Waals surface area contributed by atoms with Crippen LogP contribution in [0.25, 0.3) is 0 Å². The number of guanidine groups is 3. The Kier molecular flexibility index (Phi) is 43.3. The molecule has 31 N–H and O–H groups in total. The Hall–Kier alpha value is -10.1. The van der Waals surface area contributed by atoms with Gasteiger partial charge in [0.15, 0.2) is 17.9 Å². The number of nitrogens with zero attached hydrogens (tertiary/aromatic N) is 7. The van der Waals surface area contributed by atoms with Crippen LogP contribution in [-0.2, 0) is 68.7 Å². The number of carbonyl (C=O) groups excluding carboxylic acids is 12. The summed E-state index contributed by atoms with van der Waals surface area (Å²) in [5.41, 5.74) is 63.5. The number of unbranched alkanes of at least 4 members (excludes halogenated alkanes) is 4. The molecule has 1 aromatic rings. The Bertz CT molecular complexity index is 3490. The Morgan fingerprint density at radius 1 is 0.393 bits per heavy atom. The van der Waals surface area contributed by atoms with Crippen LogP contribution in [-0.4, -0.2) is 270 Å². The van der Waals surface area contributed by atoms with E-state index in [4.69, 9.17) is 63.1 Å².